The van der Waals surface area contributed by atoms with Gasteiger partial charge in [0.2, 0.25) is 0 Å². The number of aromatic nitrogens is 1. The topological polar surface area (TPSA) is 52.0 Å². The van der Waals surface area contributed by atoms with E-state index in [0.717, 1.165) is 35.4 Å². The first kappa shape index (κ1) is 11.1. The Morgan fingerprint density at radius 2 is 2.25 bits per heavy atom. The largest absolute Gasteiger partial charge is 0.440 e. The number of rotatable bonds is 4. The molecule has 2 rings (SSSR count). The third kappa shape index (κ3) is 2.09. The number of nitrogens with two attached hydrogens (primary N) is 1. The van der Waals surface area contributed by atoms with E-state index in [9.17, 15) is 0 Å². The number of aryl methyl sites for hydroxylation is 1. The van der Waals surface area contributed by atoms with Gasteiger partial charge in [-0.15, -0.1) is 0 Å². The van der Waals surface area contributed by atoms with Gasteiger partial charge in [0.25, 0.3) is 0 Å². The third-order valence-corrected chi connectivity index (χ3v) is 3.03. The molecular formula is C13H18N2O. The molecule has 16 heavy (non-hydrogen) atoms. The molecule has 1 atom stereocenters. The van der Waals surface area contributed by atoms with Crippen molar-refractivity contribution in [3.05, 3.63) is 29.7 Å². The first-order chi connectivity index (χ1) is 7.74. The van der Waals surface area contributed by atoms with Gasteiger partial charge in [-0.3, -0.25) is 0 Å². The van der Waals surface area contributed by atoms with Gasteiger partial charge >= 0.3 is 0 Å². The molecule has 1 unspecified atom stereocenters. The molecule has 1 aromatic carbocycles. The van der Waals surface area contributed by atoms with E-state index in [1.807, 2.05) is 25.1 Å². The Kier molecular flexibility index (Phi) is 3.25. The molecule has 0 aliphatic heterocycles. The number of para-hydroxylation sites is 1. The van der Waals surface area contributed by atoms with Gasteiger partial charge in [-0.2, -0.15) is 0 Å². The fourth-order valence-electron chi connectivity index (χ4n) is 1.86. The molecule has 86 valence electrons. The van der Waals surface area contributed by atoms with Crippen LogP contribution in [0, 0.1) is 12.8 Å². The average Bonchev–Trinajstić information content (AvgIpc) is 2.70. The molecule has 0 bridgehead atoms. The maximum Gasteiger partial charge on any atom is 0.195 e. The molecule has 0 aliphatic rings. The van der Waals surface area contributed by atoms with E-state index in [1.54, 1.807) is 0 Å². The Labute approximate surface area is 95.7 Å². The minimum atomic E-state index is 0.466. The van der Waals surface area contributed by atoms with Crippen molar-refractivity contribution in [1.82, 2.24) is 4.98 Å². The number of benzene rings is 1. The Morgan fingerprint density at radius 3 is 2.88 bits per heavy atom. The predicted octanol–water partition coefficient (Wildman–Crippen LogP) is 2.66. The Bertz CT molecular complexity index is 472. The van der Waals surface area contributed by atoms with Gasteiger partial charge in [0.05, 0.1) is 0 Å². The highest BCUT2D eigenvalue weighted by Crippen LogP contribution is 2.21. The van der Waals surface area contributed by atoms with Gasteiger partial charge in [-0.1, -0.05) is 25.5 Å². The molecule has 2 N–H and O–H groups in total. The van der Waals surface area contributed by atoms with E-state index in [1.165, 1.54) is 0 Å². The van der Waals surface area contributed by atoms with Crippen molar-refractivity contribution in [2.75, 3.05) is 6.54 Å². The van der Waals surface area contributed by atoms with Crippen LogP contribution in [0.15, 0.2) is 22.6 Å². The van der Waals surface area contributed by atoms with Gasteiger partial charge in [0.15, 0.2) is 11.5 Å². The summed E-state index contributed by atoms with van der Waals surface area (Å²) in [6, 6.07) is 6.03. The number of hydrogen-bond donors (Lipinski definition) is 1. The van der Waals surface area contributed by atoms with E-state index in [2.05, 4.69) is 11.9 Å². The van der Waals surface area contributed by atoms with Gasteiger partial charge in [-0.25, -0.2) is 4.98 Å². The lowest BCUT2D eigenvalue weighted by Crippen LogP contribution is -2.15. The molecule has 0 saturated carbocycles. The lowest BCUT2D eigenvalue weighted by molar-refractivity contribution is 0.437. The number of nitrogens with zero attached hydrogens (tertiary/aromatic N) is 1. The molecule has 3 nitrogen and oxygen atoms in total. The molecule has 0 fully saturated rings. The van der Waals surface area contributed by atoms with Crippen molar-refractivity contribution < 1.29 is 4.42 Å². The van der Waals surface area contributed by atoms with Crippen molar-refractivity contribution in [1.29, 1.82) is 0 Å². The van der Waals surface area contributed by atoms with Gasteiger partial charge in [0, 0.05) is 6.42 Å². The van der Waals surface area contributed by atoms with Crippen LogP contribution in [0.25, 0.3) is 11.1 Å². The van der Waals surface area contributed by atoms with E-state index >= 15 is 0 Å². The smallest absolute Gasteiger partial charge is 0.195 e. The Balaban J connectivity index is 2.29. The second-order valence-electron chi connectivity index (χ2n) is 4.24. The van der Waals surface area contributed by atoms with Gasteiger partial charge in [-0.05, 0) is 31.0 Å². The van der Waals surface area contributed by atoms with E-state index in [-0.39, 0.29) is 0 Å². The third-order valence-electron chi connectivity index (χ3n) is 3.03. The van der Waals surface area contributed by atoms with Gasteiger partial charge < -0.3 is 10.2 Å². The summed E-state index contributed by atoms with van der Waals surface area (Å²) in [7, 11) is 0. The van der Waals surface area contributed by atoms with Crippen molar-refractivity contribution >= 4 is 11.1 Å². The zero-order valence-corrected chi connectivity index (χ0v) is 9.86. The molecule has 0 radical (unpaired) electrons. The minimum absolute atomic E-state index is 0.466. The fourth-order valence-corrected chi connectivity index (χ4v) is 1.86. The zero-order chi connectivity index (χ0) is 11.5. The highest BCUT2D eigenvalue weighted by Gasteiger charge is 2.12. The van der Waals surface area contributed by atoms with Crippen molar-refractivity contribution in [3.8, 4) is 0 Å². The average molecular weight is 218 g/mol. The number of fused-ring (bicyclic) bond motifs is 1. The van der Waals surface area contributed by atoms with Crippen molar-refractivity contribution in [2.45, 2.75) is 26.7 Å². The molecule has 0 saturated heterocycles. The second kappa shape index (κ2) is 4.66. The Morgan fingerprint density at radius 1 is 1.44 bits per heavy atom. The summed E-state index contributed by atoms with van der Waals surface area (Å²) in [6.45, 7) is 4.87. The summed E-state index contributed by atoms with van der Waals surface area (Å²) >= 11 is 0. The van der Waals surface area contributed by atoms with Crippen LogP contribution in [0.3, 0.4) is 0 Å². The second-order valence-corrected chi connectivity index (χ2v) is 4.24. The number of hydrogen-bond acceptors (Lipinski definition) is 3. The molecule has 3 heteroatoms. The fraction of sp³-hybridized carbons (Fsp3) is 0.462. The van der Waals surface area contributed by atoms with Crippen molar-refractivity contribution in [3.63, 3.8) is 0 Å². The quantitative estimate of drug-likeness (QED) is 0.858. The summed E-state index contributed by atoms with van der Waals surface area (Å²) in [5.74, 6) is 1.27. The highest BCUT2D eigenvalue weighted by atomic mass is 16.3. The summed E-state index contributed by atoms with van der Waals surface area (Å²) in [4.78, 5) is 4.49. The molecule has 0 spiro atoms. The van der Waals surface area contributed by atoms with Crippen LogP contribution in [-0.2, 0) is 6.42 Å². The van der Waals surface area contributed by atoms with Gasteiger partial charge in [0.1, 0.15) is 5.52 Å². The lowest BCUT2D eigenvalue weighted by atomic mass is 10.0. The standard InChI is InChI=1S/C13H18N2O/c1-3-10(8-14)7-12-15-11-6-4-5-9(2)13(11)16-12/h4-6,10H,3,7-8,14H2,1-2H3. The maximum absolute atomic E-state index is 5.77. The Hall–Kier alpha value is -1.35. The van der Waals surface area contributed by atoms with E-state index in [4.69, 9.17) is 10.2 Å². The normalized spacial score (nSPS) is 13.2. The summed E-state index contributed by atoms with van der Waals surface area (Å²) in [5, 5.41) is 0. The van der Waals surface area contributed by atoms with Crippen LogP contribution >= 0.6 is 0 Å². The molecule has 1 heterocycles. The SMILES string of the molecule is CCC(CN)Cc1nc2cccc(C)c2o1. The summed E-state index contributed by atoms with van der Waals surface area (Å²) in [5.41, 5.74) is 8.67. The zero-order valence-electron chi connectivity index (χ0n) is 9.86. The predicted molar refractivity (Wildman–Crippen MR) is 65.3 cm³/mol. The summed E-state index contributed by atoms with van der Waals surface area (Å²) < 4.78 is 5.77. The maximum atomic E-state index is 5.77. The lowest BCUT2D eigenvalue weighted by Gasteiger charge is -2.07. The molecule has 2 aromatic rings. The molecule has 1 aromatic heterocycles. The van der Waals surface area contributed by atoms with Crippen LogP contribution < -0.4 is 5.73 Å². The van der Waals surface area contributed by atoms with Crippen LogP contribution in [-0.4, -0.2) is 11.5 Å². The van der Waals surface area contributed by atoms with Crippen LogP contribution in [0.5, 0.6) is 0 Å². The molecule has 0 aliphatic carbocycles. The van der Waals surface area contributed by atoms with Crippen LogP contribution in [0.4, 0.5) is 0 Å². The van der Waals surface area contributed by atoms with E-state index in [0.29, 0.717) is 12.5 Å². The number of oxazole rings is 1. The summed E-state index contributed by atoms with van der Waals surface area (Å²) in [6.07, 6.45) is 1.90. The van der Waals surface area contributed by atoms with Crippen LogP contribution in [0.1, 0.15) is 24.8 Å². The van der Waals surface area contributed by atoms with Crippen molar-refractivity contribution in [2.24, 2.45) is 11.7 Å². The minimum Gasteiger partial charge on any atom is -0.440 e. The molecular weight excluding hydrogens is 200 g/mol. The first-order valence-corrected chi connectivity index (χ1v) is 5.79. The highest BCUT2D eigenvalue weighted by molar-refractivity contribution is 5.75. The molecule has 0 amide bonds. The van der Waals surface area contributed by atoms with Crippen LogP contribution in [0.2, 0.25) is 0 Å². The van der Waals surface area contributed by atoms with E-state index < -0.39 is 0 Å². The first-order valence-electron chi connectivity index (χ1n) is 5.79. The monoisotopic (exact) mass is 218 g/mol.